The van der Waals surface area contributed by atoms with Crippen molar-refractivity contribution in [2.45, 2.75) is 57.7 Å². The second-order valence-corrected chi connectivity index (χ2v) is 15.1. The smallest absolute Gasteiger partial charge is 0.146 e. The Bertz CT molecular complexity index is 1090. The van der Waals surface area contributed by atoms with E-state index in [9.17, 15) is 5.26 Å². The first-order valence-electron chi connectivity index (χ1n) is 11.1. The van der Waals surface area contributed by atoms with Crippen LogP contribution in [0.2, 0.25) is 25.7 Å². The number of nitriles is 1. The van der Waals surface area contributed by atoms with E-state index in [1.54, 1.807) is 12.4 Å². The third-order valence-corrected chi connectivity index (χ3v) is 7.48. The molecule has 0 aromatic carbocycles. The minimum Gasteiger partial charge on any atom is -0.491 e. The van der Waals surface area contributed by atoms with E-state index < -0.39 is 8.07 Å². The number of rotatable bonds is 8. The van der Waals surface area contributed by atoms with Gasteiger partial charge in [0.1, 0.15) is 36.5 Å². The molecule has 164 valence electrons. The van der Waals surface area contributed by atoms with Gasteiger partial charge in [-0.25, -0.2) is 9.97 Å². The molecule has 7 nitrogen and oxygen atoms in total. The number of pyridine rings is 2. The zero-order valence-electron chi connectivity index (χ0n) is 18.6. The first kappa shape index (κ1) is 21.7. The Morgan fingerprint density at radius 3 is 2.90 bits per heavy atom. The Balaban J connectivity index is 1.67. The summed E-state index contributed by atoms with van der Waals surface area (Å²) in [5.74, 6) is 0.790. The summed E-state index contributed by atoms with van der Waals surface area (Å²) in [4.78, 5) is 8.93. The molecule has 0 radical (unpaired) electrons. The zero-order chi connectivity index (χ0) is 21.8. The summed E-state index contributed by atoms with van der Waals surface area (Å²) in [6, 6.07) is 7.36. The van der Waals surface area contributed by atoms with Gasteiger partial charge in [-0.05, 0) is 37.6 Å². The normalized spacial score (nSPS) is 17.2. The van der Waals surface area contributed by atoms with Crippen LogP contribution in [0.4, 0.5) is 0 Å². The molecule has 31 heavy (non-hydrogen) atoms. The SMILES string of the molecule is C[Si](C)(C)CCOCn1c2cnc(C#N)cc2c2c(OCC3CCCCN3)ccnc21. The molecular formula is C23H31N5O2Si. The molecule has 0 saturated carbocycles. The molecular weight excluding hydrogens is 406 g/mol. The maximum Gasteiger partial charge on any atom is 0.146 e. The predicted molar refractivity (Wildman–Crippen MR) is 125 cm³/mol. The molecule has 1 aliphatic rings. The van der Waals surface area contributed by atoms with Crippen molar-refractivity contribution in [2.24, 2.45) is 0 Å². The Morgan fingerprint density at radius 2 is 2.16 bits per heavy atom. The summed E-state index contributed by atoms with van der Waals surface area (Å²) in [5.41, 5.74) is 2.09. The number of nitrogens with zero attached hydrogens (tertiary/aromatic N) is 4. The first-order valence-corrected chi connectivity index (χ1v) is 14.8. The van der Waals surface area contributed by atoms with Crippen LogP contribution >= 0.6 is 0 Å². The van der Waals surface area contributed by atoms with Crippen LogP contribution in [0.3, 0.4) is 0 Å². The molecule has 1 N–H and O–H groups in total. The summed E-state index contributed by atoms with van der Waals surface area (Å²) in [6.07, 6.45) is 7.11. The maximum absolute atomic E-state index is 9.37. The molecule has 4 heterocycles. The first-order chi connectivity index (χ1) is 15.0. The summed E-state index contributed by atoms with van der Waals surface area (Å²) >= 11 is 0. The van der Waals surface area contributed by atoms with E-state index in [4.69, 9.17) is 9.47 Å². The Morgan fingerprint density at radius 1 is 1.29 bits per heavy atom. The Hall–Kier alpha value is -2.47. The van der Waals surface area contributed by atoms with Crippen LogP contribution in [0.25, 0.3) is 21.9 Å². The van der Waals surface area contributed by atoms with Gasteiger partial charge in [-0.3, -0.25) is 4.57 Å². The van der Waals surface area contributed by atoms with Crippen molar-refractivity contribution in [3.63, 3.8) is 0 Å². The highest BCUT2D eigenvalue weighted by atomic mass is 28.3. The molecule has 1 atom stereocenters. The highest BCUT2D eigenvalue weighted by molar-refractivity contribution is 6.76. The molecule has 0 amide bonds. The van der Waals surface area contributed by atoms with Gasteiger partial charge in [0.2, 0.25) is 0 Å². The molecule has 3 aromatic rings. The number of aromatic nitrogens is 3. The third-order valence-electron chi connectivity index (χ3n) is 5.78. The number of fused-ring (bicyclic) bond motifs is 3. The topological polar surface area (TPSA) is 85.0 Å². The molecule has 0 bridgehead atoms. The van der Waals surface area contributed by atoms with Crippen molar-refractivity contribution in [1.29, 1.82) is 5.26 Å². The Labute approximate surface area is 184 Å². The minimum absolute atomic E-state index is 0.367. The van der Waals surface area contributed by atoms with E-state index >= 15 is 0 Å². The molecule has 1 unspecified atom stereocenters. The zero-order valence-corrected chi connectivity index (χ0v) is 19.6. The van der Waals surface area contributed by atoms with Crippen molar-refractivity contribution in [2.75, 3.05) is 19.8 Å². The molecule has 0 aliphatic carbocycles. The monoisotopic (exact) mass is 437 g/mol. The average molecular weight is 438 g/mol. The van der Waals surface area contributed by atoms with Crippen molar-refractivity contribution in [3.05, 3.63) is 30.2 Å². The Kier molecular flexibility index (Phi) is 6.56. The van der Waals surface area contributed by atoms with E-state index in [1.165, 1.54) is 12.8 Å². The van der Waals surface area contributed by atoms with Crippen LogP contribution < -0.4 is 10.1 Å². The number of hydrogen-bond acceptors (Lipinski definition) is 6. The number of nitrogens with one attached hydrogen (secondary N) is 1. The third kappa shape index (κ3) is 5.06. The summed E-state index contributed by atoms with van der Waals surface area (Å²) < 4.78 is 14.3. The van der Waals surface area contributed by atoms with E-state index in [-0.39, 0.29) is 0 Å². The van der Waals surface area contributed by atoms with E-state index in [2.05, 4.69) is 41.0 Å². The largest absolute Gasteiger partial charge is 0.491 e. The van der Waals surface area contributed by atoms with Crippen molar-refractivity contribution in [1.82, 2.24) is 19.9 Å². The number of hydrogen-bond donors (Lipinski definition) is 1. The fourth-order valence-electron chi connectivity index (χ4n) is 3.97. The number of ether oxygens (including phenoxy) is 2. The average Bonchev–Trinajstić information content (AvgIpc) is 3.08. The molecule has 4 rings (SSSR count). The van der Waals surface area contributed by atoms with Gasteiger partial charge >= 0.3 is 0 Å². The van der Waals surface area contributed by atoms with Gasteiger partial charge in [-0.15, -0.1) is 0 Å². The number of piperidine rings is 1. The lowest BCUT2D eigenvalue weighted by atomic mass is 10.1. The summed E-state index contributed by atoms with van der Waals surface area (Å²) in [7, 11) is -1.16. The lowest BCUT2D eigenvalue weighted by Gasteiger charge is -2.23. The highest BCUT2D eigenvalue weighted by Gasteiger charge is 2.19. The lowest BCUT2D eigenvalue weighted by molar-refractivity contribution is 0.0925. The van der Waals surface area contributed by atoms with Crippen LogP contribution in [-0.4, -0.2) is 48.4 Å². The van der Waals surface area contributed by atoms with Gasteiger partial charge in [0.05, 0.1) is 17.1 Å². The van der Waals surface area contributed by atoms with Crippen molar-refractivity contribution < 1.29 is 9.47 Å². The molecule has 1 fully saturated rings. The van der Waals surface area contributed by atoms with Gasteiger partial charge < -0.3 is 14.8 Å². The van der Waals surface area contributed by atoms with E-state index in [1.807, 2.05) is 16.7 Å². The summed E-state index contributed by atoms with van der Waals surface area (Å²) in [5, 5.41) is 14.7. The standard InChI is InChI=1S/C23H31N5O2Si/c1-31(2,3)11-10-29-16-28-20-14-27-18(13-24)12-19(20)22-21(7-9-26-23(22)28)30-15-17-6-4-5-8-25-17/h7,9,12,14,17,25H,4-6,8,10-11,15-16H2,1-3H3. The van der Waals surface area contributed by atoms with Gasteiger partial charge in [0.25, 0.3) is 0 Å². The molecule has 1 saturated heterocycles. The van der Waals surface area contributed by atoms with Crippen LogP contribution in [0, 0.1) is 11.3 Å². The fourth-order valence-corrected chi connectivity index (χ4v) is 4.73. The summed E-state index contributed by atoms with van der Waals surface area (Å²) in [6.45, 7) is 9.83. The van der Waals surface area contributed by atoms with Gasteiger partial charge in [-0.2, -0.15) is 5.26 Å². The fraction of sp³-hybridized carbons (Fsp3) is 0.522. The molecule has 0 spiro atoms. The highest BCUT2D eigenvalue weighted by Crippen LogP contribution is 2.34. The quantitative estimate of drug-likeness (QED) is 0.418. The van der Waals surface area contributed by atoms with Crippen molar-refractivity contribution >= 4 is 30.0 Å². The van der Waals surface area contributed by atoms with Crippen LogP contribution in [-0.2, 0) is 11.5 Å². The van der Waals surface area contributed by atoms with Crippen molar-refractivity contribution in [3.8, 4) is 11.8 Å². The van der Waals surface area contributed by atoms with E-state index in [0.29, 0.717) is 25.1 Å². The second-order valence-electron chi connectivity index (χ2n) is 9.44. The molecule has 3 aromatic heterocycles. The molecule has 8 heteroatoms. The van der Waals surface area contributed by atoms with Crippen LogP contribution in [0.15, 0.2) is 24.5 Å². The molecule has 1 aliphatic heterocycles. The van der Waals surface area contributed by atoms with Gasteiger partial charge in [-0.1, -0.05) is 26.1 Å². The predicted octanol–water partition coefficient (Wildman–Crippen LogP) is 4.29. The second kappa shape index (κ2) is 9.35. The van der Waals surface area contributed by atoms with Crippen LogP contribution in [0.5, 0.6) is 5.75 Å². The van der Waals surface area contributed by atoms with Crippen LogP contribution in [0.1, 0.15) is 25.0 Å². The van der Waals surface area contributed by atoms with Gasteiger partial charge in [0, 0.05) is 32.3 Å². The lowest BCUT2D eigenvalue weighted by Crippen LogP contribution is -2.38. The van der Waals surface area contributed by atoms with Gasteiger partial charge in [0.15, 0.2) is 0 Å². The van der Waals surface area contributed by atoms with E-state index in [0.717, 1.165) is 53.3 Å². The maximum atomic E-state index is 9.37. The minimum atomic E-state index is -1.16.